The summed E-state index contributed by atoms with van der Waals surface area (Å²) in [6.45, 7) is 1.95. The van der Waals surface area contributed by atoms with Gasteiger partial charge in [0.25, 0.3) is 0 Å². The standard InChI is InChI=1S/C19H20O6/c1-10-7-13-15-12(16(20)24-13)3-2-5-19(15,22)18(10)8-14(25-17(18)21)11-4-6-23-9-11/h4,6,9-10,13-14,22H,2-3,5,7-8H2,1H3/t10-,13+,14+,18+,19-/m0/s1. The number of fused-ring (bicyclic) bond motifs is 1. The van der Waals surface area contributed by atoms with Crippen LogP contribution in [0.15, 0.2) is 34.2 Å². The number of carbonyl (C=O) groups excluding carboxylic acids is 2. The molecule has 1 saturated carbocycles. The van der Waals surface area contributed by atoms with Gasteiger partial charge in [-0.15, -0.1) is 0 Å². The number of rotatable bonds is 1. The molecular formula is C19H20O6. The molecule has 132 valence electrons. The zero-order valence-electron chi connectivity index (χ0n) is 14.0. The van der Waals surface area contributed by atoms with Gasteiger partial charge >= 0.3 is 11.9 Å². The second-order valence-electron chi connectivity index (χ2n) is 7.76. The lowest BCUT2D eigenvalue weighted by molar-refractivity contribution is -0.175. The summed E-state index contributed by atoms with van der Waals surface area (Å²) in [6, 6.07) is 1.78. The van der Waals surface area contributed by atoms with Crippen LogP contribution in [0, 0.1) is 11.3 Å². The lowest BCUT2D eigenvalue weighted by Crippen LogP contribution is -2.62. The maximum atomic E-state index is 13.1. The van der Waals surface area contributed by atoms with Gasteiger partial charge in [-0.05, 0) is 37.7 Å². The second-order valence-corrected chi connectivity index (χ2v) is 7.76. The van der Waals surface area contributed by atoms with Crippen LogP contribution >= 0.6 is 0 Å². The summed E-state index contributed by atoms with van der Waals surface area (Å²) < 4.78 is 16.3. The topological polar surface area (TPSA) is 86.0 Å². The van der Waals surface area contributed by atoms with E-state index in [0.717, 1.165) is 5.56 Å². The molecule has 1 saturated heterocycles. The third-order valence-corrected chi connectivity index (χ3v) is 6.74. The molecule has 2 fully saturated rings. The minimum absolute atomic E-state index is 0.152. The molecule has 6 heteroatoms. The van der Waals surface area contributed by atoms with E-state index in [1.165, 1.54) is 0 Å². The van der Waals surface area contributed by atoms with Crippen LogP contribution in [0.2, 0.25) is 0 Å². The van der Waals surface area contributed by atoms with Crippen molar-refractivity contribution in [3.05, 3.63) is 35.3 Å². The average Bonchev–Trinajstić information content (AvgIpc) is 3.26. The van der Waals surface area contributed by atoms with Crippen molar-refractivity contribution < 1.29 is 28.6 Å². The number of ether oxygens (including phenoxy) is 2. The molecular weight excluding hydrogens is 324 g/mol. The molecule has 1 aromatic heterocycles. The summed E-state index contributed by atoms with van der Waals surface area (Å²) in [4.78, 5) is 25.3. The lowest BCUT2D eigenvalue weighted by atomic mass is 9.51. The van der Waals surface area contributed by atoms with E-state index < -0.39 is 23.2 Å². The van der Waals surface area contributed by atoms with Gasteiger partial charge < -0.3 is 19.0 Å². The van der Waals surface area contributed by atoms with E-state index in [1.807, 2.05) is 6.92 Å². The van der Waals surface area contributed by atoms with Crippen LogP contribution in [0.4, 0.5) is 0 Å². The van der Waals surface area contributed by atoms with Crippen LogP contribution in [0.3, 0.4) is 0 Å². The van der Waals surface area contributed by atoms with Crippen molar-refractivity contribution in [1.29, 1.82) is 0 Å². The van der Waals surface area contributed by atoms with Gasteiger partial charge in [0, 0.05) is 23.1 Å². The van der Waals surface area contributed by atoms with Crippen LogP contribution < -0.4 is 0 Å². The molecule has 5 rings (SSSR count). The Labute approximate surface area is 144 Å². The number of furan rings is 1. The number of hydrogen-bond acceptors (Lipinski definition) is 6. The number of esters is 2. The van der Waals surface area contributed by atoms with Crippen molar-refractivity contribution in [2.75, 3.05) is 0 Å². The summed E-state index contributed by atoms with van der Waals surface area (Å²) in [5, 5.41) is 11.8. The molecule has 0 amide bonds. The largest absolute Gasteiger partial charge is 0.472 e. The monoisotopic (exact) mass is 344 g/mol. The van der Waals surface area contributed by atoms with Crippen LogP contribution in [0.5, 0.6) is 0 Å². The number of cyclic esters (lactones) is 1. The van der Waals surface area contributed by atoms with Gasteiger partial charge in [0.1, 0.15) is 23.2 Å². The highest BCUT2D eigenvalue weighted by Crippen LogP contribution is 2.64. The molecule has 3 heterocycles. The number of hydrogen-bond donors (Lipinski definition) is 1. The highest BCUT2D eigenvalue weighted by Gasteiger charge is 2.71. The van der Waals surface area contributed by atoms with Gasteiger partial charge in [0.2, 0.25) is 0 Å². The quantitative estimate of drug-likeness (QED) is 0.788. The first-order valence-electron chi connectivity index (χ1n) is 8.87. The third-order valence-electron chi connectivity index (χ3n) is 6.74. The molecule has 5 atom stereocenters. The third kappa shape index (κ3) is 1.68. The fourth-order valence-corrected chi connectivity index (χ4v) is 5.57. The average molecular weight is 344 g/mol. The van der Waals surface area contributed by atoms with E-state index >= 15 is 0 Å². The van der Waals surface area contributed by atoms with E-state index in [-0.39, 0.29) is 17.9 Å². The Bertz CT molecular complexity index is 793. The summed E-state index contributed by atoms with van der Waals surface area (Å²) >= 11 is 0. The SMILES string of the molecule is C[C@H]1C[C@H]2OC(=O)C3=C2[C@@](O)(CCC3)[C@]12C[C@H](c1ccoc1)OC2=O. The van der Waals surface area contributed by atoms with E-state index in [1.54, 1.807) is 18.6 Å². The van der Waals surface area contributed by atoms with Gasteiger partial charge in [-0.25, -0.2) is 4.79 Å². The van der Waals surface area contributed by atoms with Crippen molar-refractivity contribution >= 4 is 11.9 Å². The first-order valence-corrected chi connectivity index (χ1v) is 8.87. The van der Waals surface area contributed by atoms with Crippen molar-refractivity contribution in [1.82, 2.24) is 0 Å². The Morgan fingerprint density at radius 1 is 1.24 bits per heavy atom. The van der Waals surface area contributed by atoms with Crippen molar-refractivity contribution in [3.8, 4) is 0 Å². The highest BCUT2D eigenvalue weighted by atomic mass is 16.6. The maximum Gasteiger partial charge on any atom is 0.334 e. The highest BCUT2D eigenvalue weighted by molar-refractivity contribution is 5.94. The van der Waals surface area contributed by atoms with Crippen molar-refractivity contribution in [3.63, 3.8) is 0 Å². The summed E-state index contributed by atoms with van der Waals surface area (Å²) in [5.74, 6) is -0.860. The van der Waals surface area contributed by atoms with Crippen LogP contribution in [-0.4, -0.2) is 28.8 Å². The van der Waals surface area contributed by atoms with Gasteiger partial charge in [0.05, 0.1) is 12.5 Å². The molecule has 4 aliphatic rings. The van der Waals surface area contributed by atoms with Gasteiger partial charge in [-0.1, -0.05) is 6.92 Å². The van der Waals surface area contributed by atoms with Crippen LogP contribution in [0.1, 0.15) is 50.7 Å². The van der Waals surface area contributed by atoms with Crippen LogP contribution in [-0.2, 0) is 19.1 Å². The summed E-state index contributed by atoms with van der Waals surface area (Å²) in [5.41, 5.74) is -0.395. The smallest absolute Gasteiger partial charge is 0.334 e. The van der Waals surface area contributed by atoms with E-state index in [4.69, 9.17) is 13.9 Å². The Morgan fingerprint density at radius 3 is 2.84 bits per heavy atom. The Hall–Kier alpha value is -2.08. The molecule has 1 N–H and O–H groups in total. The molecule has 0 aromatic carbocycles. The maximum absolute atomic E-state index is 13.1. The van der Waals surface area contributed by atoms with E-state index in [0.29, 0.717) is 43.3 Å². The van der Waals surface area contributed by atoms with Crippen molar-refractivity contribution in [2.45, 2.75) is 56.8 Å². The molecule has 25 heavy (non-hydrogen) atoms. The molecule has 2 aliphatic carbocycles. The zero-order chi connectivity index (χ0) is 17.4. The molecule has 1 spiro atoms. The molecule has 1 aromatic rings. The van der Waals surface area contributed by atoms with Gasteiger partial charge in [0.15, 0.2) is 0 Å². The molecule has 0 unspecified atom stereocenters. The molecule has 6 nitrogen and oxygen atoms in total. The van der Waals surface area contributed by atoms with Gasteiger partial charge in [-0.3, -0.25) is 4.79 Å². The zero-order valence-corrected chi connectivity index (χ0v) is 14.0. The first kappa shape index (κ1) is 15.2. The number of carbonyl (C=O) groups is 2. The summed E-state index contributed by atoms with van der Waals surface area (Å²) in [7, 11) is 0. The fraction of sp³-hybridized carbons (Fsp3) is 0.579. The Kier molecular flexibility index (Phi) is 2.89. The molecule has 0 radical (unpaired) electrons. The van der Waals surface area contributed by atoms with Gasteiger partial charge in [-0.2, -0.15) is 0 Å². The minimum atomic E-state index is -1.37. The summed E-state index contributed by atoms with van der Waals surface area (Å²) in [6.07, 6.45) is 4.94. The fourth-order valence-electron chi connectivity index (χ4n) is 5.57. The van der Waals surface area contributed by atoms with Crippen LogP contribution in [0.25, 0.3) is 0 Å². The minimum Gasteiger partial charge on any atom is -0.472 e. The number of aliphatic hydroxyl groups is 1. The predicted molar refractivity (Wildman–Crippen MR) is 84.1 cm³/mol. The Balaban J connectivity index is 1.65. The normalized spacial score (nSPS) is 42.6. The molecule has 2 aliphatic heterocycles. The molecule has 0 bridgehead atoms. The van der Waals surface area contributed by atoms with E-state index in [9.17, 15) is 14.7 Å². The van der Waals surface area contributed by atoms with E-state index in [2.05, 4.69) is 0 Å². The van der Waals surface area contributed by atoms with Crippen molar-refractivity contribution in [2.24, 2.45) is 11.3 Å². The first-order chi connectivity index (χ1) is 12.0. The second kappa shape index (κ2) is 4.75. The lowest BCUT2D eigenvalue weighted by Gasteiger charge is -2.53. The Morgan fingerprint density at radius 2 is 2.08 bits per heavy atom. The predicted octanol–water partition coefficient (Wildman–Crippen LogP) is 2.43.